The standard InChI is InChI=1S/C8H11N.C6H3N3O7/c1-3-8-5-4-7(2)9-6-8;10-6-4(8(13)14)1-3(7(11)12)2-5(6)9(15)16/h4-6H,3H2,1-2H3;1-2,10H. The average molecular weight is 350 g/mol. The zero-order valence-corrected chi connectivity index (χ0v) is 13.3. The molecule has 0 saturated heterocycles. The summed E-state index contributed by atoms with van der Waals surface area (Å²) in [6.45, 7) is 4.13. The van der Waals surface area contributed by atoms with Crippen LogP contribution in [0.4, 0.5) is 17.1 Å². The number of benzene rings is 1. The minimum atomic E-state index is -1.21. The largest absolute Gasteiger partial charge is 0.497 e. The van der Waals surface area contributed by atoms with Crippen molar-refractivity contribution in [2.45, 2.75) is 20.3 Å². The van der Waals surface area contributed by atoms with Crippen molar-refractivity contribution in [2.75, 3.05) is 0 Å². The second-order valence-corrected chi connectivity index (χ2v) is 4.77. The van der Waals surface area contributed by atoms with Gasteiger partial charge in [-0.3, -0.25) is 35.3 Å². The number of non-ortho nitro benzene ring substituents is 1. The molecule has 0 atom stereocenters. The van der Waals surface area contributed by atoms with Gasteiger partial charge in [0, 0.05) is 11.9 Å². The molecule has 0 spiro atoms. The second-order valence-electron chi connectivity index (χ2n) is 4.77. The first-order valence-electron chi connectivity index (χ1n) is 6.89. The van der Waals surface area contributed by atoms with Gasteiger partial charge in [0.2, 0.25) is 0 Å². The highest BCUT2D eigenvalue weighted by Gasteiger charge is 2.30. The Bertz CT molecular complexity index is 770. The molecule has 1 aromatic heterocycles. The second kappa shape index (κ2) is 8.29. The van der Waals surface area contributed by atoms with Gasteiger partial charge in [-0.05, 0) is 25.0 Å². The molecule has 2 rings (SSSR count). The quantitative estimate of drug-likeness (QED) is 0.649. The van der Waals surface area contributed by atoms with E-state index in [4.69, 9.17) is 5.11 Å². The number of aromatic nitrogens is 1. The van der Waals surface area contributed by atoms with Crippen LogP contribution in [0.5, 0.6) is 5.75 Å². The van der Waals surface area contributed by atoms with Crippen molar-refractivity contribution in [1.82, 2.24) is 4.98 Å². The van der Waals surface area contributed by atoms with Gasteiger partial charge in [-0.25, -0.2) is 0 Å². The van der Waals surface area contributed by atoms with E-state index in [1.54, 1.807) is 0 Å². The number of phenols is 1. The van der Waals surface area contributed by atoms with Crippen molar-refractivity contribution in [2.24, 2.45) is 0 Å². The lowest BCUT2D eigenvalue weighted by Gasteiger charge is -1.97. The topological polar surface area (TPSA) is 163 Å². The molecule has 11 heteroatoms. The molecule has 0 aliphatic carbocycles. The van der Waals surface area contributed by atoms with Crippen molar-refractivity contribution < 1.29 is 19.9 Å². The fraction of sp³-hybridized carbons (Fsp3) is 0.214. The first kappa shape index (κ1) is 19.4. The summed E-state index contributed by atoms with van der Waals surface area (Å²) in [5, 5.41) is 40.2. The molecule has 132 valence electrons. The predicted molar refractivity (Wildman–Crippen MR) is 86.4 cm³/mol. The Labute approximate surface area is 141 Å². The van der Waals surface area contributed by atoms with Gasteiger partial charge in [0.25, 0.3) is 11.4 Å². The van der Waals surface area contributed by atoms with Gasteiger partial charge in [-0.1, -0.05) is 13.0 Å². The first-order valence-corrected chi connectivity index (χ1v) is 6.89. The summed E-state index contributed by atoms with van der Waals surface area (Å²) in [6, 6.07) is 5.05. The zero-order valence-electron chi connectivity index (χ0n) is 13.3. The molecule has 0 bridgehead atoms. The smallest absolute Gasteiger partial charge is 0.324 e. The molecule has 0 amide bonds. The van der Waals surface area contributed by atoms with E-state index in [0.29, 0.717) is 12.1 Å². The molecule has 25 heavy (non-hydrogen) atoms. The van der Waals surface area contributed by atoms with E-state index in [2.05, 4.69) is 18.0 Å². The molecule has 1 aromatic carbocycles. The number of pyridine rings is 1. The number of aromatic hydroxyl groups is 1. The van der Waals surface area contributed by atoms with Gasteiger partial charge in [0.05, 0.1) is 26.9 Å². The molecule has 1 heterocycles. The summed E-state index contributed by atoms with van der Waals surface area (Å²) in [6.07, 6.45) is 3.00. The summed E-state index contributed by atoms with van der Waals surface area (Å²) in [4.78, 5) is 31.9. The Hall–Kier alpha value is -3.63. The summed E-state index contributed by atoms with van der Waals surface area (Å²) in [7, 11) is 0. The van der Waals surface area contributed by atoms with Crippen molar-refractivity contribution in [3.63, 3.8) is 0 Å². The Balaban J connectivity index is 0.000000293. The lowest BCUT2D eigenvalue weighted by molar-refractivity contribution is -0.404. The van der Waals surface area contributed by atoms with Crippen LogP contribution in [0, 0.1) is 37.3 Å². The number of aryl methyl sites for hydroxylation is 2. The van der Waals surface area contributed by atoms with Crippen LogP contribution in [0.2, 0.25) is 0 Å². The lowest BCUT2D eigenvalue weighted by Crippen LogP contribution is -1.97. The molecule has 0 radical (unpaired) electrons. The van der Waals surface area contributed by atoms with Crippen molar-refractivity contribution in [1.29, 1.82) is 0 Å². The summed E-state index contributed by atoms with van der Waals surface area (Å²) < 4.78 is 0. The molecule has 0 aliphatic rings. The van der Waals surface area contributed by atoms with Crippen LogP contribution >= 0.6 is 0 Å². The zero-order chi connectivity index (χ0) is 19.1. The molecule has 0 fully saturated rings. The Kier molecular flexibility index (Phi) is 6.44. The maximum Gasteiger partial charge on any atom is 0.324 e. The van der Waals surface area contributed by atoms with Gasteiger partial charge < -0.3 is 5.11 Å². The van der Waals surface area contributed by atoms with Crippen LogP contribution in [-0.4, -0.2) is 24.9 Å². The van der Waals surface area contributed by atoms with Crippen LogP contribution in [-0.2, 0) is 6.42 Å². The molecule has 0 aliphatic heterocycles. The molecule has 2 aromatic rings. The maximum atomic E-state index is 10.4. The third-order valence-electron chi connectivity index (χ3n) is 3.04. The van der Waals surface area contributed by atoms with E-state index in [9.17, 15) is 30.3 Å². The summed E-state index contributed by atoms with van der Waals surface area (Å²) in [5.41, 5.74) is -0.606. The molecular formula is C14H14N4O7. The number of hydrogen-bond acceptors (Lipinski definition) is 8. The summed E-state index contributed by atoms with van der Waals surface area (Å²) >= 11 is 0. The highest BCUT2D eigenvalue weighted by atomic mass is 16.6. The van der Waals surface area contributed by atoms with Gasteiger partial charge in [-0.15, -0.1) is 0 Å². The highest BCUT2D eigenvalue weighted by Crippen LogP contribution is 2.38. The summed E-state index contributed by atoms with van der Waals surface area (Å²) in [5.74, 6) is -1.21. The fourth-order valence-corrected chi connectivity index (χ4v) is 1.68. The molecule has 1 N–H and O–H groups in total. The van der Waals surface area contributed by atoms with Crippen molar-refractivity contribution in [3.05, 3.63) is 72.1 Å². The Morgan fingerprint density at radius 3 is 1.84 bits per heavy atom. The van der Waals surface area contributed by atoms with Gasteiger partial charge in [-0.2, -0.15) is 0 Å². The van der Waals surface area contributed by atoms with Crippen LogP contribution in [0.25, 0.3) is 0 Å². The first-order chi connectivity index (χ1) is 11.7. The van der Waals surface area contributed by atoms with E-state index in [0.717, 1.165) is 12.1 Å². The SMILES string of the molecule is CCc1ccc(C)nc1.O=[N+]([O-])c1cc([N+](=O)[O-])c(O)c([N+](=O)[O-])c1. The number of rotatable bonds is 4. The van der Waals surface area contributed by atoms with E-state index < -0.39 is 37.6 Å². The normalized spacial score (nSPS) is 9.68. The Morgan fingerprint density at radius 1 is 1.00 bits per heavy atom. The van der Waals surface area contributed by atoms with E-state index in [1.807, 2.05) is 19.2 Å². The monoisotopic (exact) mass is 350 g/mol. The number of nitro groups is 3. The minimum Gasteiger partial charge on any atom is -0.497 e. The number of hydrogen-bond donors (Lipinski definition) is 1. The van der Waals surface area contributed by atoms with E-state index in [-0.39, 0.29) is 0 Å². The van der Waals surface area contributed by atoms with Crippen LogP contribution < -0.4 is 0 Å². The van der Waals surface area contributed by atoms with E-state index in [1.165, 1.54) is 5.56 Å². The minimum absolute atomic E-state index is 0.447. The average Bonchev–Trinajstić information content (AvgIpc) is 2.55. The van der Waals surface area contributed by atoms with Gasteiger partial charge >= 0.3 is 11.4 Å². The van der Waals surface area contributed by atoms with Crippen LogP contribution in [0.3, 0.4) is 0 Å². The van der Waals surface area contributed by atoms with Crippen LogP contribution in [0.15, 0.2) is 30.5 Å². The van der Waals surface area contributed by atoms with Crippen molar-refractivity contribution in [3.8, 4) is 5.75 Å². The molecular weight excluding hydrogens is 336 g/mol. The Morgan fingerprint density at radius 2 is 1.52 bits per heavy atom. The van der Waals surface area contributed by atoms with Crippen LogP contribution in [0.1, 0.15) is 18.2 Å². The lowest BCUT2D eigenvalue weighted by atomic mass is 10.2. The predicted octanol–water partition coefficient (Wildman–Crippen LogP) is 3.07. The van der Waals surface area contributed by atoms with E-state index >= 15 is 0 Å². The molecule has 11 nitrogen and oxygen atoms in total. The third-order valence-corrected chi connectivity index (χ3v) is 3.04. The highest BCUT2D eigenvalue weighted by molar-refractivity contribution is 5.64. The fourth-order valence-electron chi connectivity index (χ4n) is 1.68. The maximum absolute atomic E-state index is 10.4. The van der Waals surface area contributed by atoms with Gasteiger partial charge in [0.15, 0.2) is 0 Å². The van der Waals surface area contributed by atoms with Crippen molar-refractivity contribution >= 4 is 17.1 Å². The third kappa shape index (κ3) is 5.20. The molecule has 0 unspecified atom stereocenters. The number of nitrogens with zero attached hydrogens (tertiary/aromatic N) is 4. The van der Waals surface area contributed by atoms with Gasteiger partial charge in [0.1, 0.15) is 0 Å². The molecule has 0 saturated carbocycles. The number of nitro benzene ring substituents is 3. The number of phenolic OH excluding ortho intramolecular Hbond substituents is 1.